The molecule has 2 fully saturated rings. The zero-order chi connectivity index (χ0) is 14.8. The molecule has 1 aromatic rings. The summed E-state index contributed by atoms with van der Waals surface area (Å²) in [5.41, 5.74) is 4.28. The van der Waals surface area contributed by atoms with Crippen molar-refractivity contribution < 1.29 is 0 Å². The quantitative estimate of drug-likeness (QED) is 0.916. The van der Waals surface area contributed by atoms with Gasteiger partial charge in [0.15, 0.2) is 0 Å². The van der Waals surface area contributed by atoms with Gasteiger partial charge in [-0.05, 0) is 56.0 Å². The van der Waals surface area contributed by atoms with Crippen LogP contribution < -0.4 is 10.2 Å². The fraction of sp³-hybridized carbons (Fsp3) is 0.667. The Labute approximate surface area is 129 Å². The van der Waals surface area contributed by atoms with E-state index in [-0.39, 0.29) is 0 Å². The molecule has 0 spiro atoms. The summed E-state index contributed by atoms with van der Waals surface area (Å²) in [7, 11) is 0. The minimum atomic E-state index is 0.832. The zero-order valence-electron chi connectivity index (χ0n) is 13.7. The average Bonchev–Trinajstić information content (AvgIpc) is 2.41. The van der Waals surface area contributed by atoms with Crippen molar-refractivity contribution in [2.24, 2.45) is 11.8 Å². The lowest BCUT2D eigenvalue weighted by Crippen LogP contribution is -2.52. The molecule has 0 aliphatic carbocycles. The van der Waals surface area contributed by atoms with Crippen molar-refractivity contribution in [3.8, 4) is 0 Å². The van der Waals surface area contributed by atoms with Crippen molar-refractivity contribution in [1.29, 1.82) is 0 Å². The number of rotatable bonds is 4. The molecule has 21 heavy (non-hydrogen) atoms. The summed E-state index contributed by atoms with van der Waals surface area (Å²) in [5.74, 6) is 1.74. The highest BCUT2D eigenvalue weighted by atomic mass is 15.3. The number of hydrogen-bond donors (Lipinski definition) is 1. The summed E-state index contributed by atoms with van der Waals surface area (Å²) >= 11 is 0. The van der Waals surface area contributed by atoms with Gasteiger partial charge >= 0.3 is 0 Å². The number of nitrogens with zero attached hydrogens (tertiary/aromatic N) is 2. The Bertz CT molecular complexity index is 473. The van der Waals surface area contributed by atoms with Gasteiger partial charge in [0.2, 0.25) is 0 Å². The molecular weight excluding hydrogens is 258 g/mol. The van der Waals surface area contributed by atoms with Crippen LogP contribution in [0.1, 0.15) is 18.1 Å². The molecule has 0 bridgehead atoms. The van der Waals surface area contributed by atoms with Crippen molar-refractivity contribution in [3.63, 3.8) is 0 Å². The van der Waals surface area contributed by atoms with Crippen LogP contribution >= 0.6 is 0 Å². The normalized spacial score (nSPS) is 22.1. The van der Waals surface area contributed by atoms with Gasteiger partial charge in [-0.1, -0.05) is 19.1 Å². The smallest absolute Gasteiger partial charge is 0.0399 e. The molecule has 3 heteroatoms. The van der Waals surface area contributed by atoms with Crippen LogP contribution in [0.4, 0.5) is 5.69 Å². The maximum Gasteiger partial charge on any atom is 0.0399 e. The lowest BCUT2D eigenvalue weighted by Gasteiger charge is -2.40. The Hall–Kier alpha value is -1.06. The van der Waals surface area contributed by atoms with Crippen LogP contribution in [0, 0.1) is 25.7 Å². The van der Waals surface area contributed by atoms with E-state index in [1.807, 2.05) is 0 Å². The molecular formula is C18H29N3. The number of anilines is 1. The van der Waals surface area contributed by atoms with E-state index in [1.54, 1.807) is 0 Å². The standard InChI is InChI=1S/C18H29N3/c1-14-5-4-6-18(16(14)3)21-9-7-20(8-10-21)13-15(2)17-11-19-12-17/h4-6,15,17,19H,7-13H2,1-3H3. The van der Waals surface area contributed by atoms with Gasteiger partial charge in [0.1, 0.15) is 0 Å². The van der Waals surface area contributed by atoms with Crippen LogP contribution in [-0.2, 0) is 0 Å². The van der Waals surface area contributed by atoms with Crippen LogP contribution in [0.15, 0.2) is 18.2 Å². The summed E-state index contributed by atoms with van der Waals surface area (Å²) in [6.07, 6.45) is 0. The van der Waals surface area contributed by atoms with Gasteiger partial charge in [-0.25, -0.2) is 0 Å². The predicted octanol–water partition coefficient (Wildman–Crippen LogP) is 2.28. The molecule has 0 saturated carbocycles. The van der Waals surface area contributed by atoms with Crippen LogP contribution in [0.5, 0.6) is 0 Å². The maximum absolute atomic E-state index is 3.39. The summed E-state index contributed by atoms with van der Waals surface area (Å²) < 4.78 is 0. The van der Waals surface area contributed by atoms with Crippen molar-refractivity contribution in [2.75, 3.05) is 50.7 Å². The molecule has 1 unspecified atom stereocenters. The van der Waals surface area contributed by atoms with Crippen molar-refractivity contribution in [3.05, 3.63) is 29.3 Å². The van der Waals surface area contributed by atoms with Gasteiger partial charge in [0.25, 0.3) is 0 Å². The molecule has 3 nitrogen and oxygen atoms in total. The highest BCUT2D eigenvalue weighted by Gasteiger charge is 2.26. The largest absolute Gasteiger partial charge is 0.369 e. The Morgan fingerprint density at radius 2 is 1.86 bits per heavy atom. The second-order valence-corrected chi connectivity index (χ2v) is 6.90. The highest BCUT2D eigenvalue weighted by Crippen LogP contribution is 2.24. The summed E-state index contributed by atoms with van der Waals surface area (Å²) in [6.45, 7) is 15.4. The Balaban J connectivity index is 1.53. The lowest BCUT2D eigenvalue weighted by molar-refractivity contribution is 0.160. The first-order chi connectivity index (χ1) is 10.1. The number of benzene rings is 1. The van der Waals surface area contributed by atoms with Crippen LogP contribution in [0.25, 0.3) is 0 Å². The zero-order valence-corrected chi connectivity index (χ0v) is 13.7. The molecule has 0 aromatic heterocycles. The molecule has 0 amide bonds. The van der Waals surface area contributed by atoms with E-state index < -0.39 is 0 Å². The molecule has 1 aromatic carbocycles. The van der Waals surface area contributed by atoms with E-state index in [9.17, 15) is 0 Å². The molecule has 2 aliphatic rings. The Morgan fingerprint density at radius 1 is 1.14 bits per heavy atom. The second-order valence-electron chi connectivity index (χ2n) is 6.90. The molecule has 1 atom stereocenters. The van der Waals surface area contributed by atoms with E-state index in [2.05, 4.69) is 54.1 Å². The third-order valence-corrected chi connectivity index (χ3v) is 5.45. The van der Waals surface area contributed by atoms with E-state index in [4.69, 9.17) is 0 Å². The first-order valence-electron chi connectivity index (χ1n) is 8.39. The summed E-state index contributed by atoms with van der Waals surface area (Å²) in [6, 6.07) is 6.68. The summed E-state index contributed by atoms with van der Waals surface area (Å²) in [5, 5.41) is 3.39. The second kappa shape index (κ2) is 6.37. The Kier molecular flexibility index (Phi) is 4.51. The lowest BCUT2D eigenvalue weighted by atomic mass is 9.88. The van der Waals surface area contributed by atoms with Gasteiger partial charge in [-0.2, -0.15) is 0 Å². The molecule has 2 heterocycles. The molecule has 3 rings (SSSR count). The molecule has 2 aliphatic heterocycles. The molecule has 2 saturated heterocycles. The SMILES string of the molecule is Cc1cccc(N2CCN(CC(C)C3CNC3)CC2)c1C. The first-order valence-corrected chi connectivity index (χ1v) is 8.39. The number of piperazine rings is 1. The van der Waals surface area contributed by atoms with Crippen molar-refractivity contribution in [1.82, 2.24) is 10.2 Å². The number of aryl methyl sites for hydroxylation is 1. The van der Waals surface area contributed by atoms with Crippen molar-refractivity contribution >= 4 is 5.69 Å². The van der Waals surface area contributed by atoms with Crippen LogP contribution in [0.2, 0.25) is 0 Å². The molecule has 0 radical (unpaired) electrons. The third-order valence-electron chi connectivity index (χ3n) is 5.45. The van der Waals surface area contributed by atoms with Gasteiger partial charge in [-0.3, -0.25) is 4.90 Å². The van der Waals surface area contributed by atoms with E-state index in [0.29, 0.717) is 0 Å². The average molecular weight is 287 g/mol. The van der Waals surface area contributed by atoms with Crippen LogP contribution in [0.3, 0.4) is 0 Å². The van der Waals surface area contributed by atoms with Gasteiger partial charge in [0, 0.05) is 38.4 Å². The van der Waals surface area contributed by atoms with E-state index in [1.165, 1.54) is 62.6 Å². The molecule has 116 valence electrons. The first kappa shape index (κ1) is 14.9. The minimum absolute atomic E-state index is 0.832. The summed E-state index contributed by atoms with van der Waals surface area (Å²) in [4.78, 5) is 5.22. The number of hydrogen-bond acceptors (Lipinski definition) is 3. The third kappa shape index (κ3) is 3.24. The van der Waals surface area contributed by atoms with Crippen LogP contribution in [-0.4, -0.2) is 50.7 Å². The fourth-order valence-electron chi connectivity index (χ4n) is 3.52. The predicted molar refractivity (Wildman–Crippen MR) is 90.1 cm³/mol. The minimum Gasteiger partial charge on any atom is -0.369 e. The Morgan fingerprint density at radius 3 is 2.48 bits per heavy atom. The molecule has 1 N–H and O–H groups in total. The van der Waals surface area contributed by atoms with Gasteiger partial charge < -0.3 is 10.2 Å². The monoisotopic (exact) mass is 287 g/mol. The highest BCUT2D eigenvalue weighted by molar-refractivity contribution is 5.56. The number of nitrogens with one attached hydrogen (secondary N) is 1. The van der Waals surface area contributed by atoms with Gasteiger partial charge in [-0.15, -0.1) is 0 Å². The fourth-order valence-corrected chi connectivity index (χ4v) is 3.52. The van der Waals surface area contributed by atoms with Gasteiger partial charge in [0.05, 0.1) is 0 Å². The maximum atomic E-state index is 3.39. The topological polar surface area (TPSA) is 18.5 Å². The van der Waals surface area contributed by atoms with E-state index in [0.717, 1.165) is 11.8 Å². The van der Waals surface area contributed by atoms with Crippen molar-refractivity contribution in [2.45, 2.75) is 20.8 Å². The van der Waals surface area contributed by atoms with E-state index >= 15 is 0 Å².